The van der Waals surface area contributed by atoms with Crippen molar-refractivity contribution in [1.29, 1.82) is 0 Å². The second-order valence-electron chi connectivity index (χ2n) is 8.82. The summed E-state index contributed by atoms with van der Waals surface area (Å²) in [5.41, 5.74) is 2.84. The van der Waals surface area contributed by atoms with Crippen molar-refractivity contribution in [2.24, 2.45) is 0 Å². The molecule has 0 nitrogen and oxygen atoms in total. The number of aryl methyl sites for hydroxylation is 1. The topological polar surface area (TPSA) is 0 Å². The molecule has 2 aromatic carbocycles. The Hall–Kier alpha value is -0.836. The van der Waals surface area contributed by atoms with Gasteiger partial charge in [-0.3, -0.25) is 0 Å². The highest BCUT2D eigenvalue weighted by Crippen LogP contribution is 2.42. The first kappa shape index (κ1) is 18.9. The Bertz CT molecular complexity index is 740. The van der Waals surface area contributed by atoms with Crippen molar-refractivity contribution >= 4 is 44.8 Å². The first-order valence-corrected chi connectivity index (χ1v) is 15.0. The Kier molecular flexibility index (Phi) is 5.62. The summed E-state index contributed by atoms with van der Waals surface area (Å²) in [6.07, 6.45) is 6.14. The van der Waals surface area contributed by atoms with Gasteiger partial charge < -0.3 is 0 Å². The summed E-state index contributed by atoms with van der Waals surface area (Å²) < 4.78 is 0. The smallest absolute Gasteiger partial charge is 0.0879 e. The van der Waals surface area contributed by atoms with E-state index < -0.39 is 17.6 Å². The summed E-state index contributed by atoms with van der Waals surface area (Å²) in [5.74, 6) is 0. The van der Waals surface area contributed by atoms with E-state index in [1.54, 1.807) is 15.6 Å². The Morgan fingerprint density at radius 1 is 0.960 bits per heavy atom. The van der Waals surface area contributed by atoms with Crippen LogP contribution in [0.3, 0.4) is 0 Å². The molecule has 1 aliphatic rings. The van der Waals surface area contributed by atoms with Crippen molar-refractivity contribution in [2.75, 3.05) is 0 Å². The number of hydrogen-bond acceptors (Lipinski definition) is 0. The van der Waals surface area contributed by atoms with Gasteiger partial charge in [0.2, 0.25) is 0 Å². The van der Waals surface area contributed by atoms with E-state index in [0.717, 1.165) is 12.8 Å². The normalized spacial score (nSPS) is 18.0. The highest BCUT2D eigenvalue weighted by atomic mass is 35.5. The first-order valence-electron chi connectivity index (χ1n) is 9.66. The molecule has 2 aromatic rings. The molecule has 0 aromatic heterocycles. The van der Waals surface area contributed by atoms with Crippen molar-refractivity contribution in [1.82, 2.24) is 0 Å². The van der Waals surface area contributed by atoms with Gasteiger partial charge in [-0.2, -0.15) is 0 Å². The fraction of sp³-hybridized carbons (Fsp3) is 0.455. The number of hydrogen-bond donors (Lipinski definition) is 0. The lowest BCUT2D eigenvalue weighted by Gasteiger charge is -2.33. The van der Waals surface area contributed by atoms with Gasteiger partial charge in [0.25, 0.3) is 0 Å². The van der Waals surface area contributed by atoms with E-state index in [9.17, 15) is 0 Å². The number of halogens is 1. The Morgan fingerprint density at radius 2 is 1.64 bits per heavy atom. The van der Waals surface area contributed by atoms with E-state index in [4.69, 9.17) is 11.6 Å². The van der Waals surface area contributed by atoms with E-state index in [1.807, 2.05) is 0 Å². The molecule has 0 atom stereocenters. The van der Waals surface area contributed by atoms with Crippen molar-refractivity contribution in [2.45, 2.75) is 63.5 Å². The second-order valence-corrected chi connectivity index (χ2v) is 16.5. The molecule has 0 N–H and O–H groups in total. The molecule has 25 heavy (non-hydrogen) atoms. The highest BCUT2D eigenvalue weighted by Gasteiger charge is 2.33. The van der Waals surface area contributed by atoms with Gasteiger partial charge in [0.1, 0.15) is 0 Å². The molecule has 0 heterocycles. The monoisotopic (exact) mass is 386 g/mol. The summed E-state index contributed by atoms with van der Waals surface area (Å²) in [7, 11) is -1.79. The Labute approximate surface area is 161 Å². The van der Waals surface area contributed by atoms with Crippen LogP contribution in [-0.4, -0.2) is 17.6 Å². The van der Waals surface area contributed by atoms with Crippen LogP contribution in [0.2, 0.25) is 19.6 Å². The van der Waals surface area contributed by atoms with Gasteiger partial charge in [0.05, 0.1) is 22.5 Å². The predicted octanol–water partition coefficient (Wildman–Crippen LogP) is 4.06. The number of alkyl halides is 1. The highest BCUT2D eigenvalue weighted by molar-refractivity contribution is 6.89. The van der Waals surface area contributed by atoms with Crippen LogP contribution in [0.25, 0.3) is 0 Å². The molecule has 1 aliphatic carbocycles. The molecule has 0 amide bonds. The van der Waals surface area contributed by atoms with E-state index in [0.29, 0.717) is 0 Å². The average Bonchev–Trinajstić information content (AvgIpc) is 2.54. The lowest BCUT2D eigenvalue weighted by molar-refractivity contribution is 0.400. The zero-order valence-electron chi connectivity index (χ0n) is 16.2. The van der Waals surface area contributed by atoms with Gasteiger partial charge in [-0.15, -0.1) is 11.6 Å². The third kappa shape index (κ3) is 4.47. The van der Waals surface area contributed by atoms with E-state index in [-0.39, 0.29) is 4.87 Å². The Balaban J connectivity index is 1.96. The second kappa shape index (κ2) is 7.42. The molecular formula is C22H31ClSi2. The van der Waals surface area contributed by atoms with Crippen molar-refractivity contribution < 1.29 is 0 Å². The minimum atomic E-state index is -1.28. The van der Waals surface area contributed by atoms with Crippen LogP contribution in [0, 0.1) is 6.92 Å². The SMILES string of the molecule is Cc1cc([SiH2]c2ccccc2C2(Cl)CCCCC2)cc([Si](C)(C)C)c1. The maximum Gasteiger partial charge on any atom is 0.0879 e. The molecule has 0 aliphatic heterocycles. The lowest BCUT2D eigenvalue weighted by Crippen LogP contribution is -2.42. The molecule has 0 saturated heterocycles. The third-order valence-corrected chi connectivity index (χ3v) is 9.96. The Morgan fingerprint density at radius 3 is 2.32 bits per heavy atom. The maximum absolute atomic E-state index is 7.14. The largest absolute Gasteiger partial charge is 0.114 e. The summed E-state index contributed by atoms with van der Waals surface area (Å²) in [6, 6.07) is 16.3. The first-order chi connectivity index (χ1) is 11.8. The summed E-state index contributed by atoms with van der Waals surface area (Å²) >= 11 is 7.14. The molecule has 0 radical (unpaired) electrons. The van der Waals surface area contributed by atoms with Gasteiger partial charge >= 0.3 is 0 Å². The quantitative estimate of drug-likeness (QED) is 0.549. The van der Waals surface area contributed by atoms with Crippen LogP contribution in [0.1, 0.15) is 43.2 Å². The molecule has 3 heteroatoms. The molecule has 0 spiro atoms. The molecule has 0 unspecified atom stereocenters. The third-order valence-electron chi connectivity index (χ3n) is 5.54. The summed E-state index contributed by atoms with van der Waals surface area (Å²) in [5, 5.41) is 4.71. The van der Waals surface area contributed by atoms with Crippen LogP contribution in [0.4, 0.5) is 0 Å². The minimum absolute atomic E-state index is 0.118. The average molecular weight is 387 g/mol. The number of rotatable bonds is 4. The van der Waals surface area contributed by atoms with Crippen LogP contribution >= 0.6 is 11.6 Å². The van der Waals surface area contributed by atoms with Gasteiger partial charge in [0, 0.05) is 0 Å². The fourth-order valence-electron chi connectivity index (χ4n) is 4.11. The van der Waals surface area contributed by atoms with Gasteiger partial charge in [-0.1, -0.05) is 102 Å². The van der Waals surface area contributed by atoms with E-state index >= 15 is 0 Å². The molecule has 0 bridgehead atoms. The molecule has 134 valence electrons. The summed E-state index contributed by atoms with van der Waals surface area (Å²) in [6.45, 7) is 9.57. The zero-order chi connectivity index (χ0) is 18.1. The van der Waals surface area contributed by atoms with Crippen LogP contribution in [0.15, 0.2) is 42.5 Å². The zero-order valence-corrected chi connectivity index (χ0v) is 19.3. The van der Waals surface area contributed by atoms with Crippen LogP contribution < -0.4 is 15.6 Å². The molecular weight excluding hydrogens is 356 g/mol. The van der Waals surface area contributed by atoms with Crippen LogP contribution in [0.5, 0.6) is 0 Å². The molecule has 1 saturated carbocycles. The standard InChI is InChI=1S/C22H31ClSi2/c1-17-14-18(16-19(15-17)25(2,3)4)24-21-11-7-6-10-20(21)22(23)12-8-5-9-13-22/h6-7,10-11,14-16H,5,8-9,12-13,24H2,1-4H3. The fourth-order valence-corrected chi connectivity index (χ4v) is 8.24. The minimum Gasteiger partial charge on any atom is -0.114 e. The number of benzene rings is 2. The van der Waals surface area contributed by atoms with Gasteiger partial charge in [-0.25, -0.2) is 0 Å². The maximum atomic E-state index is 7.14. The van der Waals surface area contributed by atoms with E-state index in [1.165, 1.54) is 30.4 Å². The van der Waals surface area contributed by atoms with Crippen molar-refractivity contribution in [3.8, 4) is 0 Å². The van der Waals surface area contributed by atoms with Crippen molar-refractivity contribution in [3.05, 3.63) is 53.6 Å². The molecule has 3 rings (SSSR count). The van der Waals surface area contributed by atoms with Gasteiger partial charge in [0.15, 0.2) is 0 Å². The predicted molar refractivity (Wildman–Crippen MR) is 119 cm³/mol. The molecule has 1 fully saturated rings. The summed E-state index contributed by atoms with van der Waals surface area (Å²) in [4.78, 5) is -0.118. The van der Waals surface area contributed by atoms with Crippen molar-refractivity contribution in [3.63, 3.8) is 0 Å². The van der Waals surface area contributed by atoms with Crippen LogP contribution in [-0.2, 0) is 4.87 Å². The van der Waals surface area contributed by atoms with Gasteiger partial charge in [-0.05, 0) is 25.3 Å². The lowest BCUT2D eigenvalue weighted by atomic mass is 9.83. The van der Waals surface area contributed by atoms with E-state index in [2.05, 4.69) is 69.0 Å².